The normalized spacial score (nSPS) is 11.2. The molecule has 2 heterocycles. The van der Waals surface area contributed by atoms with Gasteiger partial charge >= 0.3 is 0 Å². The van der Waals surface area contributed by atoms with Crippen molar-refractivity contribution in [3.05, 3.63) is 40.9 Å². The van der Waals surface area contributed by atoms with E-state index in [1.165, 1.54) is 105 Å². The van der Waals surface area contributed by atoms with E-state index in [2.05, 4.69) is 44.3 Å². The first-order chi connectivity index (χ1) is 13.3. The molecule has 0 aromatic carbocycles. The zero-order valence-electron chi connectivity index (χ0n) is 17.6. The first kappa shape index (κ1) is 22.1. The van der Waals surface area contributed by atoms with E-state index in [4.69, 9.17) is 4.98 Å². The third-order valence-corrected chi connectivity index (χ3v) is 6.50. The van der Waals surface area contributed by atoms with E-state index in [0.717, 1.165) is 5.69 Å². The van der Waals surface area contributed by atoms with Crippen molar-refractivity contribution in [2.75, 3.05) is 0 Å². The van der Waals surface area contributed by atoms with E-state index in [9.17, 15) is 0 Å². The van der Waals surface area contributed by atoms with Gasteiger partial charge in [0.15, 0.2) is 0 Å². The van der Waals surface area contributed by atoms with Crippen LogP contribution < -0.4 is 0 Å². The van der Waals surface area contributed by atoms with Gasteiger partial charge in [0.25, 0.3) is 0 Å². The van der Waals surface area contributed by atoms with Crippen molar-refractivity contribution in [3.63, 3.8) is 0 Å². The van der Waals surface area contributed by atoms with Gasteiger partial charge in [-0.2, -0.15) is 0 Å². The zero-order chi connectivity index (χ0) is 19.2. The molecule has 0 amide bonds. The second kappa shape index (κ2) is 13.9. The third kappa shape index (κ3) is 9.06. The molecule has 0 aliphatic rings. The summed E-state index contributed by atoms with van der Waals surface area (Å²) in [7, 11) is 0. The van der Waals surface area contributed by atoms with E-state index in [1.807, 2.05) is 11.3 Å². The summed E-state index contributed by atoms with van der Waals surface area (Å²) in [4.78, 5) is 7.57. The van der Waals surface area contributed by atoms with Crippen molar-refractivity contribution in [1.29, 1.82) is 0 Å². The van der Waals surface area contributed by atoms with Crippen LogP contribution in [-0.4, -0.2) is 4.98 Å². The summed E-state index contributed by atoms with van der Waals surface area (Å²) in [6, 6.07) is 9.05. The Bertz CT molecular complexity index is 599. The van der Waals surface area contributed by atoms with Crippen molar-refractivity contribution < 1.29 is 0 Å². The molecule has 0 atom stereocenters. The fraction of sp³-hybridized carbons (Fsp3) is 0.640. The molecule has 0 N–H and O–H groups in total. The summed E-state index contributed by atoms with van der Waals surface area (Å²) < 4.78 is 0. The highest BCUT2D eigenvalue weighted by molar-refractivity contribution is 7.15. The Balaban J connectivity index is 1.69. The van der Waals surface area contributed by atoms with Crippen molar-refractivity contribution >= 4 is 11.3 Å². The van der Waals surface area contributed by atoms with Gasteiger partial charge in [-0.25, -0.2) is 0 Å². The number of unbranched alkanes of at least 4 members (excludes halogenated alkanes) is 10. The molecule has 1 nitrogen and oxygen atoms in total. The molecule has 0 bridgehead atoms. The summed E-state index contributed by atoms with van der Waals surface area (Å²) in [6.45, 7) is 4.56. The van der Waals surface area contributed by atoms with E-state index in [1.54, 1.807) is 0 Å². The van der Waals surface area contributed by atoms with Crippen molar-refractivity contribution in [2.24, 2.45) is 0 Å². The lowest BCUT2D eigenvalue weighted by molar-refractivity contribution is 0.607. The van der Waals surface area contributed by atoms with Crippen LogP contribution >= 0.6 is 11.3 Å². The monoisotopic (exact) mass is 385 g/mol. The SMILES string of the molecule is CCCCCCCCc1ccc(-c2ccc(CCCCCCCC)s2)nc1. The largest absolute Gasteiger partial charge is 0.255 e. The average molecular weight is 386 g/mol. The Morgan fingerprint density at radius 3 is 1.93 bits per heavy atom. The highest BCUT2D eigenvalue weighted by atomic mass is 32.1. The molecule has 2 heteroatoms. The second-order valence-corrected chi connectivity index (χ2v) is 9.02. The maximum absolute atomic E-state index is 4.73. The highest BCUT2D eigenvalue weighted by Crippen LogP contribution is 2.28. The summed E-state index contributed by atoms with van der Waals surface area (Å²) in [6.07, 6.45) is 20.9. The minimum Gasteiger partial charge on any atom is -0.255 e. The van der Waals surface area contributed by atoms with Gasteiger partial charge in [-0.15, -0.1) is 11.3 Å². The summed E-state index contributed by atoms with van der Waals surface area (Å²) in [5.74, 6) is 0. The van der Waals surface area contributed by atoms with Crippen LogP contribution in [0.1, 0.15) is 101 Å². The smallest absolute Gasteiger partial charge is 0.0801 e. The topological polar surface area (TPSA) is 12.9 Å². The number of aryl methyl sites for hydroxylation is 2. The molecule has 27 heavy (non-hydrogen) atoms. The van der Waals surface area contributed by atoms with Gasteiger partial charge in [0.2, 0.25) is 0 Å². The van der Waals surface area contributed by atoms with E-state index >= 15 is 0 Å². The van der Waals surface area contributed by atoms with Gasteiger partial charge in [-0.3, -0.25) is 4.98 Å². The van der Waals surface area contributed by atoms with Crippen LogP contribution in [-0.2, 0) is 12.8 Å². The molecule has 0 radical (unpaired) electrons. The van der Waals surface area contributed by atoms with Gasteiger partial charge in [0.1, 0.15) is 0 Å². The maximum atomic E-state index is 4.73. The Morgan fingerprint density at radius 1 is 0.667 bits per heavy atom. The van der Waals surface area contributed by atoms with Gasteiger partial charge in [0, 0.05) is 11.1 Å². The van der Waals surface area contributed by atoms with E-state index < -0.39 is 0 Å². The molecule has 150 valence electrons. The molecular weight excluding hydrogens is 346 g/mol. The van der Waals surface area contributed by atoms with Crippen LogP contribution in [0.2, 0.25) is 0 Å². The predicted molar refractivity (Wildman–Crippen MR) is 122 cm³/mol. The lowest BCUT2D eigenvalue weighted by atomic mass is 10.1. The van der Waals surface area contributed by atoms with Crippen molar-refractivity contribution in [2.45, 2.75) is 104 Å². The number of rotatable bonds is 15. The number of hydrogen-bond donors (Lipinski definition) is 0. The molecular formula is C25H39NS. The minimum atomic E-state index is 1.14. The zero-order valence-corrected chi connectivity index (χ0v) is 18.5. The Morgan fingerprint density at radius 2 is 1.30 bits per heavy atom. The van der Waals surface area contributed by atoms with Crippen molar-refractivity contribution in [1.82, 2.24) is 4.98 Å². The number of thiophene rings is 1. The molecule has 0 saturated carbocycles. The Labute approximate surface area is 171 Å². The molecule has 2 aromatic heterocycles. The van der Waals surface area contributed by atoms with Crippen LogP contribution in [0.25, 0.3) is 10.6 Å². The van der Waals surface area contributed by atoms with Crippen LogP contribution in [0, 0.1) is 0 Å². The summed E-state index contributed by atoms with van der Waals surface area (Å²) in [5, 5.41) is 0. The number of hydrogen-bond acceptors (Lipinski definition) is 2. The van der Waals surface area contributed by atoms with Crippen molar-refractivity contribution in [3.8, 4) is 10.6 Å². The Hall–Kier alpha value is -1.15. The van der Waals surface area contributed by atoms with Gasteiger partial charge in [0.05, 0.1) is 10.6 Å². The molecule has 0 aliphatic heterocycles. The molecule has 2 aromatic rings. The van der Waals surface area contributed by atoms with Crippen LogP contribution in [0.3, 0.4) is 0 Å². The summed E-state index contributed by atoms with van der Waals surface area (Å²) >= 11 is 1.93. The molecule has 2 rings (SSSR count). The van der Waals surface area contributed by atoms with Gasteiger partial charge in [-0.05, 0) is 49.4 Å². The van der Waals surface area contributed by atoms with E-state index in [0.29, 0.717) is 0 Å². The third-order valence-electron chi connectivity index (χ3n) is 5.33. The number of nitrogens with zero attached hydrogens (tertiary/aromatic N) is 1. The van der Waals surface area contributed by atoms with Crippen LogP contribution in [0.5, 0.6) is 0 Å². The fourth-order valence-electron chi connectivity index (χ4n) is 3.56. The molecule has 0 unspecified atom stereocenters. The van der Waals surface area contributed by atoms with Crippen LogP contribution in [0.15, 0.2) is 30.5 Å². The highest BCUT2D eigenvalue weighted by Gasteiger charge is 2.05. The molecule has 0 spiro atoms. The molecule has 0 saturated heterocycles. The van der Waals surface area contributed by atoms with Crippen LogP contribution in [0.4, 0.5) is 0 Å². The predicted octanol–water partition coefficient (Wildman–Crippen LogP) is 8.62. The fourth-order valence-corrected chi connectivity index (χ4v) is 4.58. The first-order valence-electron chi connectivity index (χ1n) is 11.4. The van der Waals surface area contributed by atoms with Gasteiger partial charge in [-0.1, -0.05) is 84.1 Å². The summed E-state index contributed by atoms with van der Waals surface area (Å²) in [5.41, 5.74) is 2.53. The quantitative estimate of drug-likeness (QED) is 0.280. The number of pyridine rings is 1. The standard InChI is InChI=1S/C25H39NS/c1-3-5-7-9-11-13-15-22-17-19-24(26-21-22)25-20-18-23(27-25)16-14-12-10-8-6-4-2/h17-21H,3-16H2,1-2H3. The molecule has 0 aliphatic carbocycles. The van der Waals surface area contributed by atoms with E-state index in [-0.39, 0.29) is 0 Å². The lowest BCUT2D eigenvalue weighted by Crippen LogP contribution is -1.89. The first-order valence-corrected chi connectivity index (χ1v) is 12.2. The second-order valence-electron chi connectivity index (χ2n) is 7.85. The molecule has 0 fully saturated rings. The minimum absolute atomic E-state index is 1.14. The average Bonchev–Trinajstić information content (AvgIpc) is 3.17. The van der Waals surface area contributed by atoms with Gasteiger partial charge < -0.3 is 0 Å². The maximum Gasteiger partial charge on any atom is 0.0801 e. The lowest BCUT2D eigenvalue weighted by Gasteiger charge is -2.03. The Kier molecular flexibility index (Phi) is 11.4. The number of aromatic nitrogens is 1.